The number of hydrogen-bond acceptors (Lipinski definition) is 6. The van der Waals surface area contributed by atoms with Gasteiger partial charge in [-0.05, 0) is 13.0 Å². The first-order valence-corrected chi connectivity index (χ1v) is 5.99. The highest BCUT2D eigenvalue weighted by Gasteiger charge is 2.52. The van der Waals surface area contributed by atoms with E-state index < -0.39 is 24.0 Å². The van der Waals surface area contributed by atoms with Crippen molar-refractivity contribution in [3.8, 4) is 0 Å². The minimum absolute atomic E-state index is 0.173. The largest absolute Gasteiger partial charge is 0.395 e. The summed E-state index contributed by atoms with van der Waals surface area (Å²) in [6, 6.07) is -0.616. The number of aliphatic hydroxyl groups is 4. The quantitative estimate of drug-likeness (QED) is 0.444. The van der Waals surface area contributed by atoms with Crippen LogP contribution in [0.2, 0.25) is 0 Å². The molecule has 0 unspecified atom stereocenters. The highest BCUT2D eigenvalue weighted by molar-refractivity contribution is 4.99. The zero-order valence-corrected chi connectivity index (χ0v) is 10.4. The fourth-order valence-electron chi connectivity index (χ4n) is 2.25. The van der Waals surface area contributed by atoms with Gasteiger partial charge in [-0.1, -0.05) is 13.3 Å². The van der Waals surface area contributed by atoms with Crippen molar-refractivity contribution >= 4 is 0 Å². The summed E-state index contributed by atoms with van der Waals surface area (Å²) in [5.74, 6) is -2.00. The third-order valence-corrected chi connectivity index (χ3v) is 3.46. The van der Waals surface area contributed by atoms with E-state index in [1.807, 2.05) is 6.92 Å². The van der Waals surface area contributed by atoms with Gasteiger partial charge in [-0.25, -0.2) is 0 Å². The van der Waals surface area contributed by atoms with E-state index in [2.05, 4.69) is 0 Å². The minimum Gasteiger partial charge on any atom is -0.395 e. The molecular formula is C11H23NO5. The van der Waals surface area contributed by atoms with Crippen LogP contribution < -0.4 is 0 Å². The number of ether oxygens (including phenoxy) is 1. The Bertz CT molecular complexity index is 240. The molecule has 6 heteroatoms. The van der Waals surface area contributed by atoms with Crippen LogP contribution in [0.4, 0.5) is 0 Å². The zero-order chi connectivity index (χ0) is 13.1. The number of rotatable bonds is 5. The summed E-state index contributed by atoms with van der Waals surface area (Å²) < 4.78 is 4.81. The molecule has 0 bridgehead atoms. The number of likely N-dealkylation sites (tertiary alicyclic amines) is 1. The van der Waals surface area contributed by atoms with Gasteiger partial charge in [0.25, 0.3) is 0 Å². The molecule has 0 aromatic rings. The van der Waals surface area contributed by atoms with E-state index in [4.69, 9.17) is 4.74 Å². The van der Waals surface area contributed by atoms with Crippen LogP contribution in [-0.2, 0) is 4.74 Å². The van der Waals surface area contributed by atoms with Crippen LogP contribution in [0.15, 0.2) is 0 Å². The van der Waals surface area contributed by atoms with E-state index in [9.17, 15) is 20.4 Å². The van der Waals surface area contributed by atoms with Gasteiger partial charge in [0.15, 0.2) is 0 Å². The molecule has 1 aliphatic heterocycles. The zero-order valence-electron chi connectivity index (χ0n) is 10.4. The van der Waals surface area contributed by atoms with Crippen LogP contribution in [0.25, 0.3) is 0 Å². The predicted molar refractivity (Wildman–Crippen MR) is 61.3 cm³/mol. The molecular weight excluding hydrogens is 226 g/mol. The molecule has 0 spiro atoms. The van der Waals surface area contributed by atoms with Crippen LogP contribution in [-0.4, -0.2) is 76.2 Å². The molecule has 1 fully saturated rings. The number of β-amino-alcohol motifs (C(OH)–C–C–N with tert-alkyl or cyclic N) is 1. The van der Waals surface area contributed by atoms with Crippen molar-refractivity contribution in [3.05, 3.63) is 0 Å². The van der Waals surface area contributed by atoms with Gasteiger partial charge in [0.1, 0.15) is 12.2 Å². The molecule has 0 saturated carbocycles. The van der Waals surface area contributed by atoms with E-state index in [0.717, 1.165) is 12.8 Å². The monoisotopic (exact) mass is 249 g/mol. The van der Waals surface area contributed by atoms with Crippen LogP contribution >= 0.6 is 0 Å². The van der Waals surface area contributed by atoms with E-state index in [0.29, 0.717) is 6.54 Å². The first kappa shape index (κ1) is 14.8. The molecule has 4 N–H and O–H groups in total. The van der Waals surface area contributed by atoms with Crippen molar-refractivity contribution in [1.82, 2.24) is 4.90 Å². The predicted octanol–water partition coefficient (Wildman–Crippen LogP) is -1.48. The molecule has 1 aliphatic rings. The highest BCUT2D eigenvalue weighted by Crippen LogP contribution is 2.28. The minimum atomic E-state index is -2.00. The molecule has 1 saturated heterocycles. The topological polar surface area (TPSA) is 93.4 Å². The summed E-state index contributed by atoms with van der Waals surface area (Å²) in [4.78, 5) is 1.78. The standard InChI is InChI=1S/C11H23NO5/c1-3-4-5-12-6-9(14)11(16,17-2)10(15)8(12)7-13/h8-10,13-16H,3-7H2,1-2H3/t8-,9+,10-,11+/m1/s1. The molecule has 0 aromatic heterocycles. The second-order valence-corrected chi connectivity index (χ2v) is 4.52. The maximum absolute atomic E-state index is 10.0. The summed E-state index contributed by atoms with van der Waals surface area (Å²) in [5.41, 5.74) is 0. The molecule has 1 heterocycles. The van der Waals surface area contributed by atoms with Gasteiger partial charge in [-0.15, -0.1) is 0 Å². The Morgan fingerprint density at radius 3 is 2.53 bits per heavy atom. The molecule has 6 nitrogen and oxygen atoms in total. The SMILES string of the molecule is CCCCN1C[C@H](O)[C@](O)(OC)[C@H](O)[C@H]1CO. The second kappa shape index (κ2) is 6.08. The van der Waals surface area contributed by atoms with Crippen molar-refractivity contribution in [2.24, 2.45) is 0 Å². The maximum atomic E-state index is 10.0. The highest BCUT2D eigenvalue weighted by atomic mass is 16.6. The van der Waals surface area contributed by atoms with Gasteiger partial charge in [-0.2, -0.15) is 0 Å². The summed E-state index contributed by atoms with van der Waals surface area (Å²) in [6.07, 6.45) is -0.642. The molecule has 4 atom stereocenters. The Hall–Kier alpha value is -0.240. The van der Waals surface area contributed by atoms with Crippen molar-refractivity contribution in [3.63, 3.8) is 0 Å². The first-order valence-electron chi connectivity index (χ1n) is 5.99. The Balaban J connectivity index is 2.79. The van der Waals surface area contributed by atoms with Crippen LogP contribution in [0.1, 0.15) is 19.8 Å². The molecule has 102 valence electrons. The van der Waals surface area contributed by atoms with E-state index >= 15 is 0 Å². The van der Waals surface area contributed by atoms with Crippen molar-refractivity contribution in [1.29, 1.82) is 0 Å². The molecule has 0 aromatic carbocycles. The number of nitrogens with zero attached hydrogens (tertiary/aromatic N) is 1. The smallest absolute Gasteiger partial charge is 0.221 e. The Morgan fingerprint density at radius 1 is 1.41 bits per heavy atom. The van der Waals surface area contributed by atoms with Crippen molar-refractivity contribution in [2.45, 2.75) is 43.8 Å². The molecule has 17 heavy (non-hydrogen) atoms. The molecule has 0 amide bonds. The lowest BCUT2D eigenvalue weighted by Gasteiger charge is -2.48. The third kappa shape index (κ3) is 2.78. The Labute approximate surface area is 101 Å². The average molecular weight is 249 g/mol. The number of hydrogen-bond donors (Lipinski definition) is 4. The van der Waals surface area contributed by atoms with Crippen LogP contribution in [0.5, 0.6) is 0 Å². The number of aliphatic hydroxyl groups excluding tert-OH is 3. The normalized spacial score (nSPS) is 39.5. The van der Waals surface area contributed by atoms with Crippen LogP contribution in [0, 0.1) is 0 Å². The van der Waals surface area contributed by atoms with E-state index in [1.54, 1.807) is 4.90 Å². The summed E-state index contributed by atoms with van der Waals surface area (Å²) in [5, 5.41) is 39.1. The van der Waals surface area contributed by atoms with Crippen molar-refractivity contribution in [2.75, 3.05) is 26.8 Å². The summed E-state index contributed by atoms with van der Waals surface area (Å²) in [7, 11) is 1.22. The molecule has 1 rings (SSSR count). The second-order valence-electron chi connectivity index (χ2n) is 4.52. The fourth-order valence-corrected chi connectivity index (χ4v) is 2.25. The molecule has 0 aliphatic carbocycles. The van der Waals surface area contributed by atoms with Gasteiger partial charge in [0.2, 0.25) is 5.79 Å². The summed E-state index contributed by atoms with van der Waals surface area (Å²) in [6.45, 7) is 2.59. The molecule has 0 radical (unpaired) electrons. The number of methoxy groups -OCH3 is 1. The third-order valence-electron chi connectivity index (χ3n) is 3.46. The maximum Gasteiger partial charge on any atom is 0.221 e. The average Bonchev–Trinajstić information content (AvgIpc) is 2.33. The van der Waals surface area contributed by atoms with E-state index in [-0.39, 0.29) is 13.2 Å². The summed E-state index contributed by atoms with van der Waals surface area (Å²) >= 11 is 0. The van der Waals surface area contributed by atoms with Crippen molar-refractivity contribution < 1.29 is 25.2 Å². The lowest BCUT2D eigenvalue weighted by Crippen LogP contribution is -2.70. The van der Waals surface area contributed by atoms with Gasteiger partial charge in [-0.3, -0.25) is 4.90 Å². The lowest BCUT2D eigenvalue weighted by molar-refractivity contribution is -0.321. The first-order chi connectivity index (χ1) is 8.01. The number of piperidine rings is 1. The van der Waals surface area contributed by atoms with E-state index in [1.165, 1.54) is 7.11 Å². The number of unbranched alkanes of at least 4 members (excludes halogenated alkanes) is 1. The Morgan fingerprint density at radius 2 is 2.06 bits per heavy atom. The van der Waals surface area contributed by atoms with Gasteiger partial charge in [0, 0.05) is 13.7 Å². The van der Waals surface area contributed by atoms with Gasteiger partial charge >= 0.3 is 0 Å². The lowest BCUT2D eigenvalue weighted by atomic mass is 9.90. The fraction of sp³-hybridized carbons (Fsp3) is 1.00. The van der Waals surface area contributed by atoms with Crippen LogP contribution in [0.3, 0.4) is 0 Å². The Kier molecular flexibility index (Phi) is 5.30. The van der Waals surface area contributed by atoms with Gasteiger partial charge in [0.05, 0.1) is 12.6 Å². The van der Waals surface area contributed by atoms with Gasteiger partial charge < -0.3 is 25.2 Å².